The van der Waals surface area contributed by atoms with Crippen LogP contribution in [0, 0.1) is 5.41 Å². The number of carbonyl (C=O) groups is 1. The maximum Gasteiger partial charge on any atom is 0.315 e. The summed E-state index contributed by atoms with van der Waals surface area (Å²) in [7, 11) is 0. The lowest BCUT2D eigenvalue weighted by atomic mass is 9.76. The maximum atomic E-state index is 13.4. The fraction of sp³-hybridized carbons (Fsp3) is 0.875. The molecule has 0 aromatic carbocycles. The number of aliphatic carboxylic acids is 1. The molecule has 13 heavy (non-hydrogen) atoms. The third-order valence-electron chi connectivity index (χ3n) is 2.67. The van der Waals surface area contributed by atoms with Crippen LogP contribution in [0.1, 0.15) is 19.8 Å². The Morgan fingerprint density at radius 3 is 2.54 bits per heavy atom. The van der Waals surface area contributed by atoms with E-state index < -0.39 is 17.3 Å². The van der Waals surface area contributed by atoms with Gasteiger partial charge in [0.1, 0.15) is 5.41 Å². The van der Waals surface area contributed by atoms with Gasteiger partial charge in [-0.05, 0) is 18.6 Å². The van der Waals surface area contributed by atoms with Crippen molar-refractivity contribution in [2.24, 2.45) is 5.41 Å². The van der Waals surface area contributed by atoms with Crippen LogP contribution in [-0.2, 0) is 4.79 Å². The molecule has 5 heteroatoms. The summed E-state index contributed by atoms with van der Waals surface area (Å²) in [6.07, 6.45) is 0.0619. The van der Waals surface area contributed by atoms with E-state index in [0.717, 1.165) is 11.8 Å². The van der Waals surface area contributed by atoms with Crippen LogP contribution in [0.3, 0.4) is 0 Å². The lowest BCUT2D eigenvalue weighted by Gasteiger charge is -2.39. The fourth-order valence-corrected chi connectivity index (χ4v) is 2.79. The second-order valence-electron chi connectivity index (χ2n) is 3.25. The van der Waals surface area contributed by atoms with Gasteiger partial charge in [-0.2, -0.15) is 11.8 Å². The normalized spacial score (nSPS) is 32.8. The van der Waals surface area contributed by atoms with Crippen LogP contribution >= 0.6 is 11.8 Å². The second kappa shape index (κ2) is 3.44. The second-order valence-corrected chi connectivity index (χ2v) is 4.35. The van der Waals surface area contributed by atoms with Crippen LogP contribution in [0.4, 0.5) is 8.78 Å². The minimum absolute atomic E-state index is 0.00407. The van der Waals surface area contributed by atoms with Crippen molar-refractivity contribution in [2.45, 2.75) is 25.7 Å². The van der Waals surface area contributed by atoms with Crippen molar-refractivity contribution < 1.29 is 18.7 Å². The van der Waals surface area contributed by atoms with Crippen molar-refractivity contribution >= 4 is 17.7 Å². The number of carboxylic acid groups (broad SMARTS) is 1. The Kier molecular flexibility index (Phi) is 2.85. The minimum Gasteiger partial charge on any atom is -0.481 e. The molecule has 0 bridgehead atoms. The van der Waals surface area contributed by atoms with Crippen LogP contribution in [0.5, 0.6) is 0 Å². The predicted molar refractivity (Wildman–Crippen MR) is 47.2 cm³/mol. The zero-order chi connectivity index (χ0) is 10.1. The molecule has 1 atom stereocenters. The summed E-state index contributed by atoms with van der Waals surface area (Å²) >= 11 is 1.12. The van der Waals surface area contributed by atoms with E-state index in [9.17, 15) is 13.6 Å². The number of thioether (sulfide) groups is 1. The van der Waals surface area contributed by atoms with Crippen molar-refractivity contribution in [2.75, 3.05) is 11.5 Å². The smallest absolute Gasteiger partial charge is 0.315 e. The Labute approximate surface area is 79.7 Å². The SMILES string of the molecule is CCC1(C(=O)O)CCSCC1(F)F. The Hall–Kier alpha value is -0.320. The van der Waals surface area contributed by atoms with Crippen LogP contribution in [-0.4, -0.2) is 28.5 Å². The third-order valence-corrected chi connectivity index (χ3v) is 3.73. The van der Waals surface area contributed by atoms with Crippen molar-refractivity contribution in [3.05, 3.63) is 0 Å². The van der Waals surface area contributed by atoms with Gasteiger partial charge >= 0.3 is 5.97 Å². The van der Waals surface area contributed by atoms with Crippen molar-refractivity contribution in [3.63, 3.8) is 0 Å². The number of hydrogen-bond donors (Lipinski definition) is 1. The molecule has 0 spiro atoms. The Morgan fingerprint density at radius 1 is 1.62 bits per heavy atom. The predicted octanol–water partition coefficient (Wildman–Crippen LogP) is 2.24. The molecule has 1 rings (SSSR count). The lowest BCUT2D eigenvalue weighted by molar-refractivity contribution is -0.176. The third kappa shape index (κ3) is 1.54. The largest absolute Gasteiger partial charge is 0.481 e. The molecule has 0 aliphatic carbocycles. The molecule has 1 saturated heterocycles. The molecular weight excluding hydrogens is 198 g/mol. The molecule has 2 nitrogen and oxygen atoms in total. The first-order valence-corrected chi connectivity index (χ1v) is 5.31. The molecule has 1 heterocycles. The van der Waals surface area contributed by atoms with Crippen LogP contribution < -0.4 is 0 Å². The number of alkyl halides is 2. The van der Waals surface area contributed by atoms with Crippen molar-refractivity contribution in [3.8, 4) is 0 Å². The minimum atomic E-state index is -3.07. The van der Waals surface area contributed by atoms with E-state index in [2.05, 4.69) is 0 Å². The van der Waals surface area contributed by atoms with Gasteiger partial charge in [0.05, 0.1) is 5.75 Å². The zero-order valence-electron chi connectivity index (χ0n) is 7.35. The molecule has 0 aromatic rings. The standard InChI is InChI=1S/C8H12F2O2S/c1-2-7(6(11)12)3-4-13-5-8(7,9)10/h2-5H2,1H3,(H,11,12). The van der Waals surface area contributed by atoms with Gasteiger partial charge in [0.15, 0.2) is 0 Å². The molecule has 0 radical (unpaired) electrons. The average molecular weight is 210 g/mol. The van der Waals surface area contributed by atoms with Gasteiger partial charge < -0.3 is 5.11 Å². The summed E-state index contributed by atoms with van der Waals surface area (Å²) in [4.78, 5) is 10.8. The summed E-state index contributed by atoms with van der Waals surface area (Å²) in [5.41, 5.74) is -1.82. The Morgan fingerprint density at radius 2 is 2.23 bits per heavy atom. The van der Waals surface area contributed by atoms with Crippen molar-refractivity contribution in [1.29, 1.82) is 0 Å². The first-order chi connectivity index (χ1) is 5.96. The van der Waals surface area contributed by atoms with Crippen LogP contribution in [0.25, 0.3) is 0 Å². The number of rotatable bonds is 2. The highest BCUT2D eigenvalue weighted by Gasteiger charge is 2.59. The van der Waals surface area contributed by atoms with Crippen LogP contribution in [0.2, 0.25) is 0 Å². The summed E-state index contributed by atoms with van der Waals surface area (Å²) in [6, 6.07) is 0. The highest BCUT2D eigenvalue weighted by atomic mass is 32.2. The van der Waals surface area contributed by atoms with Crippen LogP contribution in [0.15, 0.2) is 0 Å². The summed E-state index contributed by atoms with van der Waals surface area (Å²) in [6.45, 7) is 1.51. The fourth-order valence-electron chi connectivity index (χ4n) is 1.62. The number of halogens is 2. The van der Waals surface area contributed by atoms with Gasteiger partial charge in [-0.15, -0.1) is 0 Å². The summed E-state index contributed by atoms with van der Waals surface area (Å²) < 4.78 is 26.7. The molecule has 1 aliphatic rings. The van der Waals surface area contributed by atoms with Gasteiger partial charge in [0.25, 0.3) is 5.92 Å². The molecule has 0 amide bonds. The first-order valence-electron chi connectivity index (χ1n) is 4.15. The van der Waals surface area contributed by atoms with Gasteiger partial charge in [0, 0.05) is 0 Å². The zero-order valence-corrected chi connectivity index (χ0v) is 8.16. The summed E-state index contributed by atoms with van der Waals surface area (Å²) in [5.74, 6) is -4.29. The summed E-state index contributed by atoms with van der Waals surface area (Å²) in [5, 5.41) is 8.84. The van der Waals surface area contributed by atoms with Crippen molar-refractivity contribution in [1.82, 2.24) is 0 Å². The first kappa shape index (κ1) is 10.8. The molecular formula is C8H12F2O2S. The molecule has 1 fully saturated rings. The van der Waals surface area contributed by atoms with E-state index in [-0.39, 0.29) is 18.6 Å². The molecule has 76 valence electrons. The molecule has 0 aromatic heterocycles. The topological polar surface area (TPSA) is 37.3 Å². The molecule has 1 N–H and O–H groups in total. The maximum absolute atomic E-state index is 13.4. The molecule has 1 unspecified atom stereocenters. The van der Waals surface area contributed by atoms with Gasteiger partial charge in [0.2, 0.25) is 0 Å². The van der Waals surface area contributed by atoms with E-state index in [0.29, 0.717) is 5.75 Å². The highest BCUT2D eigenvalue weighted by Crippen LogP contribution is 2.48. The van der Waals surface area contributed by atoms with E-state index in [4.69, 9.17) is 5.11 Å². The number of carboxylic acids is 1. The van der Waals surface area contributed by atoms with E-state index >= 15 is 0 Å². The Bertz CT molecular complexity index is 220. The van der Waals surface area contributed by atoms with Gasteiger partial charge in [-0.25, -0.2) is 8.78 Å². The highest BCUT2D eigenvalue weighted by molar-refractivity contribution is 7.99. The number of hydrogen-bond acceptors (Lipinski definition) is 2. The van der Waals surface area contributed by atoms with E-state index in [1.807, 2.05) is 0 Å². The molecule has 1 aliphatic heterocycles. The lowest BCUT2D eigenvalue weighted by Crippen LogP contribution is -2.51. The van der Waals surface area contributed by atoms with Gasteiger partial charge in [-0.3, -0.25) is 4.79 Å². The quantitative estimate of drug-likeness (QED) is 0.759. The Balaban J connectivity index is 2.99. The van der Waals surface area contributed by atoms with Gasteiger partial charge in [-0.1, -0.05) is 6.92 Å². The molecule has 0 saturated carbocycles. The monoisotopic (exact) mass is 210 g/mol. The average Bonchev–Trinajstić information content (AvgIpc) is 2.03. The van der Waals surface area contributed by atoms with E-state index in [1.165, 1.54) is 6.92 Å². The van der Waals surface area contributed by atoms with E-state index in [1.54, 1.807) is 0 Å².